The predicted molar refractivity (Wildman–Crippen MR) is 75.3 cm³/mol. The number of rotatable bonds is 6. The van der Waals surface area contributed by atoms with Crippen molar-refractivity contribution in [3.05, 3.63) is 17.5 Å². The summed E-state index contributed by atoms with van der Waals surface area (Å²) in [5, 5.41) is 3.29. The maximum Gasteiger partial charge on any atom is 0.341 e. The van der Waals surface area contributed by atoms with Gasteiger partial charge in [-0.15, -0.1) is 0 Å². The van der Waals surface area contributed by atoms with E-state index in [1.807, 2.05) is 0 Å². The minimum Gasteiger partial charge on any atom is -0.462 e. The predicted octanol–water partition coefficient (Wildman–Crippen LogP) is 2.81. The zero-order valence-corrected chi connectivity index (χ0v) is 12.4. The standard InChI is InChI=1S/C14H23N3O2/c1-6-12(9(3)4)17-14-15-8-11(10(5)16-14)13(18)19-7-2/h8-9,12H,6-7H2,1-5H3,(H,15,16,17). The third-order valence-corrected chi connectivity index (χ3v) is 3.03. The summed E-state index contributed by atoms with van der Waals surface area (Å²) in [6.45, 7) is 10.3. The smallest absolute Gasteiger partial charge is 0.341 e. The van der Waals surface area contributed by atoms with E-state index in [1.54, 1.807) is 13.8 Å². The number of hydrogen-bond donors (Lipinski definition) is 1. The lowest BCUT2D eigenvalue weighted by atomic mass is 10.0. The van der Waals surface area contributed by atoms with E-state index in [0.717, 1.165) is 6.42 Å². The molecular weight excluding hydrogens is 242 g/mol. The van der Waals surface area contributed by atoms with Gasteiger partial charge in [-0.2, -0.15) is 0 Å². The molecule has 0 aliphatic carbocycles. The van der Waals surface area contributed by atoms with E-state index in [2.05, 4.69) is 36.1 Å². The molecule has 0 amide bonds. The van der Waals surface area contributed by atoms with Gasteiger partial charge in [-0.1, -0.05) is 20.8 Å². The number of nitrogens with one attached hydrogen (secondary N) is 1. The first-order chi connectivity index (χ1) is 8.99. The molecule has 1 heterocycles. The van der Waals surface area contributed by atoms with Crippen molar-refractivity contribution < 1.29 is 9.53 Å². The van der Waals surface area contributed by atoms with Crippen LogP contribution in [0.1, 0.15) is 50.2 Å². The molecule has 106 valence electrons. The maximum atomic E-state index is 11.6. The summed E-state index contributed by atoms with van der Waals surface area (Å²) in [5.41, 5.74) is 1.06. The molecule has 0 saturated carbocycles. The first-order valence-electron chi connectivity index (χ1n) is 6.76. The largest absolute Gasteiger partial charge is 0.462 e. The van der Waals surface area contributed by atoms with Crippen molar-refractivity contribution in [2.45, 2.75) is 47.1 Å². The molecular formula is C14H23N3O2. The molecule has 0 spiro atoms. The van der Waals surface area contributed by atoms with Crippen LogP contribution in [0.4, 0.5) is 5.95 Å². The quantitative estimate of drug-likeness (QED) is 0.801. The van der Waals surface area contributed by atoms with Crippen LogP contribution in [0.25, 0.3) is 0 Å². The van der Waals surface area contributed by atoms with Crippen LogP contribution >= 0.6 is 0 Å². The monoisotopic (exact) mass is 265 g/mol. The molecule has 0 aromatic carbocycles. The van der Waals surface area contributed by atoms with Crippen molar-refractivity contribution in [2.75, 3.05) is 11.9 Å². The Kier molecular flexibility index (Phi) is 5.73. The average molecular weight is 265 g/mol. The van der Waals surface area contributed by atoms with Crippen LogP contribution in [0, 0.1) is 12.8 Å². The number of carbonyl (C=O) groups excluding carboxylic acids is 1. The van der Waals surface area contributed by atoms with Crippen molar-refractivity contribution >= 4 is 11.9 Å². The topological polar surface area (TPSA) is 64.1 Å². The molecule has 0 saturated heterocycles. The third kappa shape index (κ3) is 4.19. The Bertz CT molecular complexity index is 433. The van der Waals surface area contributed by atoms with Gasteiger partial charge in [0.15, 0.2) is 0 Å². The van der Waals surface area contributed by atoms with Gasteiger partial charge in [0.05, 0.1) is 17.9 Å². The summed E-state index contributed by atoms with van der Waals surface area (Å²) in [4.78, 5) is 20.2. The first-order valence-corrected chi connectivity index (χ1v) is 6.76. The summed E-state index contributed by atoms with van der Waals surface area (Å²) >= 11 is 0. The Morgan fingerprint density at radius 2 is 2.11 bits per heavy atom. The number of nitrogens with zero attached hydrogens (tertiary/aromatic N) is 2. The van der Waals surface area contributed by atoms with E-state index in [4.69, 9.17) is 4.74 Å². The summed E-state index contributed by atoms with van der Waals surface area (Å²) in [7, 11) is 0. The molecule has 1 rings (SSSR count). The highest BCUT2D eigenvalue weighted by atomic mass is 16.5. The molecule has 1 aromatic rings. The van der Waals surface area contributed by atoms with E-state index in [0.29, 0.717) is 35.8 Å². The fourth-order valence-electron chi connectivity index (χ4n) is 1.85. The molecule has 5 nitrogen and oxygen atoms in total. The van der Waals surface area contributed by atoms with E-state index in [9.17, 15) is 4.79 Å². The summed E-state index contributed by atoms with van der Waals surface area (Å²) in [6.07, 6.45) is 2.52. The Labute approximate surface area is 114 Å². The van der Waals surface area contributed by atoms with Crippen molar-refractivity contribution in [3.63, 3.8) is 0 Å². The fraction of sp³-hybridized carbons (Fsp3) is 0.643. The van der Waals surface area contributed by atoms with E-state index >= 15 is 0 Å². The number of aryl methyl sites for hydroxylation is 1. The number of hydrogen-bond acceptors (Lipinski definition) is 5. The van der Waals surface area contributed by atoms with Gasteiger partial charge in [-0.05, 0) is 26.2 Å². The second kappa shape index (κ2) is 7.07. The highest BCUT2D eigenvalue weighted by Crippen LogP contribution is 2.13. The van der Waals surface area contributed by atoms with Gasteiger partial charge >= 0.3 is 5.97 Å². The molecule has 1 unspecified atom stereocenters. The second-order valence-corrected chi connectivity index (χ2v) is 4.82. The van der Waals surface area contributed by atoms with Gasteiger partial charge < -0.3 is 10.1 Å². The number of anilines is 1. The summed E-state index contributed by atoms with van der Waals surface area (Å²) in [5.74, 6) is 0.687. The van der Waals surface area contributed by atoms with Crippen LogP contribution in [0.15, 0.2) is 6.20 Å². The number of esters is 1. The minimum absolute atomic E-state index is 0.327. The lowest BCUT2D eigenvalue weighted by molar-refractivity contribution is 0.0524. The highest BCUT2D eigenvalue weighted by Gasteiger charge is 2.15. The van der Waals surface area contributed by atoms with E-state index in [1.165, 1.54) is 6.20 Å². The van der Waals surface area contributed by atoms with Crippen LogP contribution < -0.4 is 5.32 Å². The average Bonchev–Trinajstić information content (AvgIpc) is 2.35. The third-order valence-electron chi connectivity index (χ3n) is 3.03. The van der Waals surface area contributed by atoms with Crippen LogP contribution in [0.3, 0.4) is 0 Å². The summed E-state index contributed by atoms with van der Waals surface area (Å²) < 4.78 is 4.95. The molecule has 1 aromatic heterocycles. The fourth-order valence-corrected chi connectivity index (χ4v) is 1.85. The maximum absolute atomic E-state index is 11.6. The van der Waals surface area contributed by atoms with Gasteiger partial charge in [0.25, 0.3) is 0 Å². The van der Waals surface area contributed by atoms with Crippen molar-refractivity contribution in [1.82, 2.24) is 9.97 Å². The Morgan fingerprint density at radius 3 is 2.58 bits per heavy atom. The van der Waals surface area contributed by atoms with Crippen molar-refractivity contribution in [2.24, 2.45) is 5.92 Å². The Balaban J connectivity index is 2.84. The number of ether oxygens (including phenoxy) is 1. The van der Waals surface area contributed by atoms with Crippen LogP contribution in [0.5, 0.6) is 0 Å². The normalized spacial score (nSPS) is 12.3. The van der Waals surface area contributed by atoms with Gasteiger partial charge in [-0.3, -0.25) is 0 Å². The van der Waals surface area contributed by atoms with Crippen molar-refractivity contribution in [3.8, 4) is 0 Å². The zero-order valence-electron chi connectivity index (χ0n) is 12.4. The molecule has 0 aliphatic heterocycles. The zero-order chi connectivity index (χ0) is 14.4. The van der Waals surface area contributed by atoms with Crippen LogP contribution in [-0.4, -0.2) is 28.6 Å². The molecule has 0 radical (unpaired) electrons. The first kappa shape index (κ1) is 15.4. The van der Waals surface area contributed by atoms with Crippen molar-refractivity contribution in [1.29, 1.82) is 0 Å². The Morgan fingerprint density at radius 1 is 1.42 bits per heavy atom. The molecule has 0 bridgehead atoms. The van der Waals surface area contributed by atoms with Gasteiger partial charge in [0, 0.05) is 12.2 Å². The second-order valence-electron chi connectivity index (χ2n) is 4.82. The van der Waals surface area contributed by atoms with E-state index < -0.39 is 0 Å². The van der Waals surface area contributed by atoms with E-state index in [-0.39, 0.29) is 5.97 Å². The summed E-state index contributed by atoms with van der Waals surface area (Å²) in [6, 6.07) is 0.327. The molecule has 1 atom stereocenters. The van der Waals surface area contributed by atoms with Gasteiger partial charge in [0.1, 0.15) is 0 Å². The minimum atomic E-state index is -0.373. The van der Waals surface area contributed by atoms with Crippen LogP contribution in [0.2, 0.25) is 0 Å². The molecule has 0 fully saturated rings. The molecule has 19 heavy (non-hydrogen) atoms. The Hall–Kier alpha value is -1.65. The van der Waals surface area contributed by atoms with Gasteiger partial charge in [0.2, 0.25) is 5.95 Å². The SMILES string of the molecule is CCOC(=O)c1cnc(NC(CC)C(C)C)nc1C. The number of carbonyl (C=O) groups is 1. The highest BCUT2D eigenvalue weighted by molar-refractivity contribution is 5.90. The lowest BCUT2D eigenvalue weighted by Gasteiger charge is -2.20. The molecule has 0 aliphatic rings. The molecule has 1 N–H and O–H groups in total. The number of aromatic nitrogens is 2. The molecule has 5 heteroatoms. The van der Waals surface area contributed by atoms with Crippen LogP contribution in [-0.2, 0) is 4.74 Å². The lowest BCUT2D eigenvalue weighted by Crippen LogP contribution is -2.26. The van der Waals surface area contributed by atoms with Gasteiger partial charge in [-0.25, -0.2) is 14.8 Å².